The van der Waals surface area contributed by atoms with Crippen molar-refractivity contribution in [3.63, 3.8) is 0 Å². The van der Waals surface area contributed by atoms with Gasteiger partial charge in [0.2, 0.25) is 0 Å². The molecule has 0 bridgehead atoms. The lowest BCUT2D eigenvalue weighted by atomic mass is 9.91. The van der Waals surface area contributed by atoms with Crippen LogP contribution in [0.15, 0.2) is 291 Å². The largest absolute Gasteiger partial charge is 0.247 e. The monoisotopic (exact) mass is 1000 g/mol. The van der Waals surface area contributed by atoms with Gasteiger partial charge in [0.05, 0.1) is 32.5 Å². The molecule has 4 aromatic heterocycles. The Morgan fingerprint density at radius 3 is 0.711 bits per heavy atom. The van der Waals surface area contributed by atoms with Crippen LogP contribution in [0, 0.1) is 0 Å². The van der Waals surface area contributed by atoms with E-state index in [-0.39, 0.29) is 0 Å². The Morgan fingerprint density at radius 2 is 0.408 bits per heavy atom. The molecule has 0 aliphatic heterocycles. The molecule has 4 heterocycles. The summed E-state index contributed by atoms with van der Waals surface area (Å²) in [6, 6.07) is 104. The highest BCUT2D eigenvalue weighted by atomic mass is 32.1. The van der Waals surface area contributed by atoms with Crippen LogP contribution < -0.4 is 0 Å². The molecule has 0 amide bonds. The quantitative estimate of drug-likeness (QED) is 0.122. The van der Waals surface area contributed by atoms with Crippen LogP contribution in [0.25, 0.3) is 131 Å². The molecule has 0 saturated heterocycles. The molecule has 76 heavy (non-hydrogen) atoms. The maximum atomic E-state index is 5.70. The molecule has 13 rings (SSSR count). The van der Waals surface area contributed by atoms with E-state index in [0.29, 0.717) is 0 Å². The van der Waals surface area contributed by atoms with Crippen molar-refractivity contribution in [3.05, 3.63) is 291 Å². The van der Waals surface area contributed by atoms with E-state index < -0.39 is 0 Å². The minimum Gasteiger partial charge on any atom is -0.247 e. The molecule has 0 N–H and O–H groups in total. The molecular formula is C72H48N2S2. The average molecular weight is 1010 g/mol. The zero-order valence-electron chi connectivity index (χ0n) is 41.4. The Bertz CT molecular complexity index is 3830. The number of hydrogen-bond donors (Lipinski definition) is 0. The first kappa shape index (κ1) is 46.5. The van der Waals surface area contributed by atoms with Crippen molar-refractivity contribution in [2.45, 2.75) is 0 Å². The van der Waals surface area contributed by atoms with Crippen LogP contribution in [0.5, 0.6) is 0 Å². The molecule has 0 saturated carbocycles. The van der Waals surface area contributed by atoms with Crippen molar-refractivity contribution in [3.8, 4) is 131 Å². The summed E-state index contributed by atoms with van der Waals surface area (Å²) in [6.45, 7) is 0. The van der Waals surface area contributed by atoms with Crippen LogP contribution in [0.2, 0.25) is 0 Å². The van der Waals surface area contributed by atoms with Gasteiger partial charge in [-0.05, 0) is 86.0 Å². The first-order chi connectivity index (χ1) is 37.7. The van der Waals surface area contributed by atoms with Gasteiger partial charge in [0, 0.05) is 43.1 Å². The highest BCUT2D eigenvalue weighted by molar-refractivity contribution is 7.20. The van der Waals surface area contributed by atoms with Crippen LogP contribution >= 0.6 is 22.7 Å². The first-order valence-electron chi connectivity index (χ1n) is 25.6. The van der Waals surface area contributed by atoms with Gasteiger partial charge in [0.1, 0.15) is 0 Å². The SMILES string of the molecule is c1ccc(-c2cc(-c3cccc(-c4cc(-c5ccccc5)cc(-c5sc(-c6ccccc6)c(-c6ccccc6)c5-c5ccccc5)n4)c3)nc(-c3sc(-c4ccccc4)c(-c4ccccc4)c3-c3ccccc3)c2)cc1. The van der Waals surface area contributed by atoms with Crippen molar-refractivity contribution in [1.82, 2.24) is 9.97 Å². The predicted molar refractivity (Wildman–Crippen MR) is 323 cm³/mol. The molecule has 0 radical (unpaired) electrons. The van der Waals surface area contributed by atoms with Gasteiger partial charge in [0.15, 0.2) is 0 Å². The van der Waals surface area contributed by atoms with Crippen LogP contribution in [0.4, 0.5) is 0 Å². The van der Waals surface area contributed by atoms with E-state index in [1.165, 1.54) is 54.3 Å². The smallest absolute Gasteiger partial charge is 0.0822 e. The van der Waals surface area contributed by atoms with Gasteiger partial charge in [-0.1, -0.05) is 261 Å². The standard InChI is InChI=1S/C72H48N2S2/c1-9-26-49(27-10-1)59-45-61(73-63(47-59)71-67(53-34-17-5-18-35-53)65(51-30-13-3-14-31-51)69(75-71)55-38-21-7-22-39-55)57-42-25-43-58(44-57)62-46-60(50-28-11-2-12-29-50)48-64(74-62)72-68(54-36-19-6-20-37-54)66(52-32-15-4-16-33-52)70(76-72)56-40-23-8-24-41-56/h1-48H. The molecule has 0 spiro atoms. The number of thiophene rings is 2. The van der Waals surface area contributed by atoms with Crippen molar-refractivity contribution in [1.29, 1.82) is 0 Å². The molecule has 0 unspecified atom stereocenters. The molecule has 13 aromatic rings. The van der Waals surface area contributed by atoms with Crippen molar-refractivity contribution in [2.24, 2.45) is 0 Å². The molecule has 9 aromatic carbocycles. The number of hydrogen-bond acceptors (Lipinski definition) is 4. The highest BCUT2D eigenvalue weighted by Gasteiger charge is 2.27. The molecule has 2 nitrogen and oxygen atoms in total. The Kier molecular flexibility index (Phi) is 12.8. The minimum absolute atomic E-state index is 0.886. The van der Waals surface area contributed by atoms with Gasteiger partial charge >= 0.3 is 0 Å². The van der Waals surface area contributed by atoms with E-state index in [9.17, 15) is 0 Å². The lowest BCUT2D eigenvalue weighted by molar-refractivity contribution is 1.32. The summed E-state index contributed by atoms with van der Waals surface area (Å²) in [5, 5.41) is 0. The van der Waals surface area contributed by atoms with Crippen LogP contribution in [0.1, 0.15) is 0 Å². The van der Waals surface area contributed by atoms with E-state index in [0.717, 1.165) is 77.0 Å². The third-order valence-corrected chi connectivity index (χ3v) is 16.4. The Labute approximate surface area is 452 Å². The number of benzene rings is 9. The van der Waals surface area contributed by atoms with Crippen LogP contribution in [0.3, 0.4) is 0 Å². The molecule has 0 atom stereocenters. The van der Waals surface area contributed by atoms with E-state index in [2.05, 4.69) is 291 Å². The van der Waals surface area contributed by atoms with Gasteiger partial charge in [-0.2, -0.15) is 0 Å². The van der Waals surface area contributed by atoms with Gasteiger partial charge in [0.25, 0.3) is 0 Å². The normalized spacial score (nSPS) is 11.2. The Balaban J connectivity index is 1.02. The number of rotatable bonds is 12. The van der Waals surface area contributed by atoms with Crippen LogP contribution in [-0.2, 0) is 0 Å². The Morgan fingerprint density at radius 1 is 0.171 bits per heavy atom. The van der Waals surface area contributed by atoms with Gasteiger partial charge in [-0.3, -0.25) is 0 Å². The summed E-state index contributed by atoms with van der Waals surface area (Å²) in [4.78, 5) is 16.1. The summed E-state index contributed by atoms with van der Waals surface area (Å²) in [5.74, 6) is 0. The lowest BCUT2D eigenvalue weighted by Gasteiger charge is -2.14. The maximum absolute atomic E-state index is 5.70. The molecule has 0 aliphatic carbocycles. The lowest BCUT2D eigenvalue weighted by Crippen LogP contribution is -1.94. The maximum Gasteiger partial charge on any atom is 0.0822 e. The summed E-state index contributed by atoms with van der Waals surface area (Å²) >= 11 is 3.63. The molecule has 4 heteroatoms. The van der Waals surface area contributed by atoms with Crippen molar-refractivity contribution >= 4 is 22.7 Å². The van der Waals surface area contributed by atoms with E-state index in [1.54, 1.807) is 0 Å². The van der Waals surface area contributed by atoms with E-state index in [1.807, 2.05) is 22.7 Å². The third-order valence-electron chi connectivity index (χ3n) is 13.9. The summed E-state index contributed by atoms with van der Waals surface area (Å²) in [7, 11) is 0. The average Bonchev–Trinajstić information content (AvgIpc) is 4.14. The predicted octanol–water partition coefficient (Wildman–Crippen LogP) is 20.6. The topological polar surface area (TPSA) is 25.8 Å². The van der Waals surface area contributed by atoms with E-state index in [4.69, 9.17) is 9.97 Å². The summed E-state index contributed by atoms with van der Waals surface area (Å²) < 4.78 is 0. The van der Waals surface area contributed by atoms with Gasteiger partial charge in [-0.25, -0.2) is 9.97 Å². The fourth-order valence-corrected chi connectivity index (χ4v) is 13.0. The zero-order chi connectivity index (χ0) is 50.6. The van der Waals surface area contributed by atoms with Gasteiger partial charge < -0.3 is 0 Å². The van der Waals surface area contributed by atoms with Gasteiger partial charge in [-0.15, -0.1) is 22.7 Å². The van der Waals surface area contributed by atoms with Crippen molar-refractivity contribution < 1.29 is 0 Å². The highest BCUT2D eigenvalue weighted by Crippen LogP contribution is 2.54. The second kappa shape index (κ2) is 20.9. The molecular weight excluding hydrogens is 957 g/mol. The Hall–Kier alpha value is -9.32. The summed E-state index contributed by atoms with van der Waals surface area (Å²) in [5.41, 5.74) is 21.9. The second-order valence-corrected chi connectivity index (χ2v) is 20.8. The third kappa shape index (κ3) is 9.22. The molecule has 0 aliphatic rings. The van der Waals surface area contributed by atoms with E-state index >= 15 is 0 Å². The molecule has 0 fully saturated rings. The fourth-order valence-electron chi connectivity index (χ4n) is 10.4. The second-order valence-electron chi connectivity index (χ2n) is 18.8. The number of pyridine rings is 2. The molecule has 358 valence electrons. The number of nitrogens with zero attached hydrogens (tertiary/aromatic N) is 2. The summed E-state index contributed by atoms with van der Waals surface area (Å²) in [6.07, 6.45) is 0. The number of aromatic nitrogens is 2. The van der Waals surface area contributed by atoms with Crippen LogP contribution in [-0.4, -0.2) is 9.97 Å². The minimum atomic E-state index is 0.886. The zero-order valence-corrected chi connectivity index (χ0v) is 43.1. The fraction of sp³-hybridized carbons (Fsp3) is 0. The first-order valence-corrected chi connectivity index (χ1v) is 27.3. The van der Waals surface area contributed by atoms with Crippen molar-refractivity contribution in [2.75, 3.05) is 0 Å².